The number of halogens is 1. The summed E-state index contributed by atoms with van der Waals surface area (Å²) in [6, 6.07) is 5.85. The van der Waals surface area contributed by atoms with Crippen molar-refractivity contribution in [3.63, 3.8) is 0 Å². The van der Waals surface area contributed by atoms with Crippen molar-refractivity contribution in [2.24, 2.45) is 15.9 Å². The van der Waals surface area contributed by atoms with Crippen LogP contribution >= 0.6 is 0 Å². The number of nitrogens with zero attached hydrogens (tertiary/aromatic N) is 3. The lowest BCUT2D eigenvalue weighted by Gasteiger charge is -2.10. The fourth-order valence-corrected chi connectivity index (χ4v) is 1.85. The van der Waals surface area contributed by atoms with Crippen LogP contribution in [0.25, 0.3) is 0 Å². The van der Waals surface area contributed by atoms with Gasteiger partial charge in [0.25, 0.3) is 0 Å². The Kier molecular flexibility index (Phi) is 4.05. The fraction of sp³-hybridized carbons (Fsp3) is 0.0714. The maximum atomic E-state index is 13.8. The number of benzene rings is 1. The van der Waals surface area contributed by atoms with Gasteiger partial charge in [0.15, 0.2) is 5.84 Å². The number of aromatic nitrogens is 1. The second kappa shape index (κ2) is 5.92. The highest BCUT2D eigenvalue weighted by molar-refractivity contribution is 5.98. The highest BCUT2D eigenvalue weighted by Gasteiger charge is 2.13. The van der Waals surface area contributed by atoms with Gasteiger partial charge in [-0.1, -0.05) is 6.07 Å². The van der Waals surface area contributed by atoms with E-state index in [1.165, 1.54) is 24.4 Å². The van der Waals surface area contributed by atoms with Gasteiger partial charge in [-0.25, -0.2) is 4.39 Å². The Morgan fingerprint density at radius 1 is 1.40 bits per heavy atom. The minimum absolute atomic E-state index is 0.106. The molecule has 0 amide bonds. The van der Waals surface area contributed by atoms with Crippen molar-refractivity contribution in [3.8, 4) is 5.75 Å². The molecule has 0 bridgehead atoms. The molecular formula is C14H13FN4O. The van der Waals surface area contributed by atoms with Gasteiger partial charge in [-0.15, -0.1) is 5.10 Å². The van der Waals surface area contributed by atoms with Gasteiger partial charge >= 0.3 is 0 Å². The summed E-state index contributed by atoms with van der Waals surface area (Å²) >= 11 is 0. The van der Waals surface area contributed by atoms with Crippen LogP contribution in [0.5, 0.6) is 5.75 Å². The largest absolute Gasteiger partial charge is 0.508 e. The first-order valence-electron chi connectivity index (χ1n) is 5.82. The number of rotatable bonds is 4. The lowest BCUT2D eigenvalue weighted by atomic mass is 10.00. The molecule has 1 aromatic heterocycles. The quantitative estimate of drug-likeness (QED) is 0.506. The molecule has 2 rings (SSSR count). The Balaban J connectivity index is 2.45. The Morgan fingerprint density at radius 3 is 2.90 bits per heavy atom. The third-order valence-corrected chi connectivity index (χ3v) is 2.83. The molecule has 6 heteroatoms. The second-order valence-electron chi connectivity index (χ2n) is 4.07. The predicted molar refractivity (Wildman–Crippen MR) is 75.4 cm³/mol. The molecule has 102 valence electrons. The van der Waals surface area contributed by atoms with Crippen LogP contribution in [0.1, 0.15) is 16.7 Å². The van der Waals surface area contributed by atoms with Gasteiger partial charge in [0.05, 0.1) is 0 Å². The molecule has 1 heterocycles. The van der Waals surface area contributed by atoms with Crippen LogP contribution in [0, 0.1) is 5.82 Å². The van der Waals surface area contributed by atoms with Crippen LogP contribution in [0.2, 0.25) is 0 Å². The topological polar surface area (TPSA) is 83.9 Å². The van der Waals surface area contributed by atoms with Gasteiger partial charge in [0.1, 0.15) is 11.6 Å². The van der Waals surface area contributed by atoms with Crippen LogP contribution in [-0.4, -0.2) is 22.6 Å². The Labute approximate surface area is 115 Å². The summed E-state index contributed by atoms with van der Waals surface area (Å²) in [5.41, 5.74) is 7.17. The van der Waals surface area contributed by atoms with Crippen LogP contribution in [0.3, 0.4) is 0 Å². The first-order valence-corrected chi connectivity index (χ1v) is 5.82. The lowest BCUT2D eigenvalue weighted by molar-refractivity contribution is 0.460. The van der Waals surface area contributed by atoms with Crippen molar-refractivity contribution in [2.75, 3.05) is 0 Å². The second-order valence-corrected chi connectivity index (χ2v) is 4.07. The fourth-order valence-electron chi connectivity index (χ4n) is 1.85. The number of pyridine rings is 1. The number of amidine groups is 1. The van der Waals surface area contributed by atoms with Gasteiger partial charge < -0.3 is 10.8 Å². The van der Waals surface area contributed by atoms with Crippen LogP contribution in [0.15, 0.2) is 46.9 Å². The molecule has 0 fully saturated rings. The molecule has 0 saturated carbocycles. The smallest absolute Gasteiger partial charge is 0.155 e. The van der Waals surface area contributed by atoms with E-state index in [0.29, 0.717) is 11.1 Å². The van der Waals surface area contributed by atoms with Gasteiger partial charge in [-0.05, 0) is 23.8 Å². The van der Waals surface area contributed by atoms with Crippen molar-refractivity contribution in [1.29, 1.82) is 0 Å². The molecule has 20 heavy (non-hydrogen) atoms. The first kappa shape index (κ1) is 13.7. The minimum atomic E-state index is -0.481. The molecule has 0 saturated heterocycles. The first-order chi connectivity index (χ1) is 9.63. The van der Waals surface area contributed by atoms with E-state index in [9.17, 15) is 9.50 Å². The molecular weight excluding hydrogens is 259 g/mol. The third kappa shape index (κ3) is 2.80. The van der Waals surface area contributed by atoms with Crippen molar-refractivity contribution >= 4 is 12.6 Å². The van der Waals surface area contributed by atoms with E-state index in [1.54, 1.807) is 12.3 Å². The van der Waals surface area contributed by atoms with E-state index >= 15 is 0 Å². The van der Waals surface area contributed by atoms with E-state index < -0.39 is 5.82 Å². The average Bonchev–Trinajstić information content (AvgIpc) is 2.44. The van der Waals surface area contributed by atoms with Crippen LogP contribution in [-0.2, 0) is 6.42 Å². The van der Waals surface area contributed by atoms with Crippen molar-refractivity contribution in [3.05, 3.63) is 59.2 Å². The van der Waals surface area contributed by atoms with E-state index in [4.69, 9.17) is 5.73 Å². The highest BCUT2D eigenvalue weighted by atomic mass is 19.1. The van der Waals surface area contributed by atoms with E-state index in [1.807, 2.05) is 0 Å². The Bertz CT molecular complexity index is 650. The van der Waals surface area contributed by atoms with Gasteiger partial charge in [0, 0.05) is 36.7 Å². The molecule has 0 aliphatic carbocycles. The molecule has 0 spiro atoms. The molecule has 2 aromatic rings. The standard InChI is InChI=1S/C14H13FN4O/c1-17-19-14(16)11-8-18-6-5-9(11)7-10-12(15)3-2-4-13(10)20/h2-6,8,20H,1,7H2,(H2,16,19). The molecule has 1 aromatic carbocycles. The number of phenols is 1. The maximum absolute atomic E-state index is 13.8. The summed E-state index contributed by atoms with van der Waals surface area (Å²) < 4.78 is 13.8. The molecule has 3 N–H and O–H groups in total. The van der Waals surface area contributed by atoms with Gasteiger partial charge in [-0.3, -0.25) is 4.98 Å². The monoisotopic (exact) mass is 272 g/mol. The Hall–Kier alpha value is -2.76. The average molecular weight is 272 g/mol. The zero-order valence-electron chi connectivity index (χ0n) is 10.6. The maximum Gasteiger partial charge on any atom is 0.155 e. The summed E-state index contributed by atoms with van der Waals surface area (Å²) in [6.45, 7) is 3.23. The lowest BCUT2D eigenvalue weighted by Crippen LogP contribution is -2.16. The molecule has 0 aliphatic heterocycles. The normalized spacial score (nSPS) is 11.3. The number of hydrogen-bond acceptors (Lipinski definition) is 4. The zero-order valence-corrected chi connectivity index (χ0v) is 10.6. The predicted octanol–water partition coefficient (Wildman–Crippen LogP) is 1.84. The molecule has 0 radical (unpaired) electrons. The molecule has 0 unspecified atom stereocenters. The van der Waals surface area contributed by atoms with Gasteiger partial charge in [0.2, 0.25) is 0 Å². The number of hydrogen-bond donors (Lipinski definition) is 2. The van der Waals surface area contributed by atoms with Crippen molar-refractivity contribution in [1.82, 2.24) is 4.98 Å². The highest BCUT2D eigenvalue weighted by Crippen LogP contribution is 2.24. The summed E-state index contributed by atoms with van der Waals surface area (Å²) in [7, 11) is 0. The van der Waals surface area contributed by atoms with E-state index in [0.717, 1.165) is 0 Å². The van der Waals surface area contributed by atoms with Crippen molar-refractivity contribution in [2.45, 2.75) is 6.42 Å². The third-order valence-electron chi connectivity index (χ3n) is 2.83. The van der Waals surface area contributed by atoms with Crippen molar-refractivity contribution < 1.29 is 9.50 Å². The summed E-state index contributed by atoms with van der Waals surface area (Å²) in [5, 5.41) is 16.8. The van der Waals surface area contributed by atoms with E-state index in [2.05, 4.69) is 21.9 Å². The minimum Gasteiger partial charge on any atom is -0.508 e. The molecule has 0 aliphatic rings. The number of nitrogens with two attached hydrogens (primary N) is 1. The Morgan fingerprint density at radius 2 is 2.20 bits per heavy atom. The molecule has 5 nitrogen and oxygen atoms in total. The summed E-state index contributed by atoms with van der Waals surface area (Å²) in [5.74, 6) is -0.450. The number of phenolic OH excluding ortho intramolecular Hbond substituents is 1. The zero-order chi connectivity index (χ0) is 14.5. The number of aromatic hydroxyl groups is 1. The SMILES string of the molecule is C=N/N=C(/N)c1cnccc1Cc1c(O)cccc1F. The summed E-state index contributed by atoms with van der Waals surface area (Å²) in [4.78, 5) is 3.96. The summed E-state index contributed by atoms with van der Waals surface area (Å²) in [6.07, 6.45) is 3.24. The van der Waals surface area contributed by atoms with E-state index in [-0.39, 0.29) is 23.6 Å². The molecule has 0 atom stereocenters. The van der Waals surface area contributed by atoms with Crippen LogP contribution < -0.4 is 5.73 Å². The van der Waals surface area contributed by atoms with Crippen LogP contribution in [0.4, 0.5) is 4.39 Å². The van der Waals surface area contributed by atoms with Gasteiger partial charge in [-0.2, -0.15) is 5.10 Å².